The molecule has 1 atom stereocenters. The fourth-order valence-electron chi connectivity index (χ4n) is 3.23. The summed E-state index contributed by atoms with van der Waals surface area (Å²) in [5, 5.41) is 3.90. The van der Waals surface area contributed by atoms with Gasteiger partial charge < -0.3 is 18.9 Å². The Bertz CT molecular complexity index is 963. The molecule has 1 fully saturated rings. The molecule has 1 aromatic carbocycles. The first-order valence-electron chi connectivity index (χ1n) is 8.92. The normalized spacial score (nSPS) is 18.1. The maximum Gasteiger partial charge on any atom is 0.254 e. The third-order valence-electron chi connectivity index (χ3n) is 5.04. The Hall–Kier alpha value is -2.55. The van der Waals surface area contributed by atoms with Gasteiger partial charge in [-0.05, 0) is 38.5 Å². The lowest BCUT2D eigenvalue weighted by Gasteiger charge is -2.24. The van der Waals surface area contributed by atoms with E-state index in [4.69, 9.17) is 14.0 Å². The Morgan fingerprint density at radius 2 is 2.07 bits per heavy atom. The van der Waals surface area contributed by atoms with Gasteiger partial charge in [-0.25, -0.2) is 8.42 Å². The first-order valence-corrected chi connectivity index (χ1v) is 10.7. The molecule has 1 aliphatic heterocycles. The number of amides is 1. The molecule has 152 valence electrons. The molecule has 1 aromatic heterocycles. The number of benzene rings is 1. The molecule has 1 aliphatic rings. The number of nitrogens with zero attached hydrogens (tertiary/aromatic N) is 2. The van der Waals surface area contributed by atoms with E-state index in [0.29, 0.717) is 29.2 Å². The lowest BCUT2D eigenvalue weighted by atomic mass is 10.1. The van der Waals surface area contributed by atoms with Crippen molar-refractivity contribution in [3.05, 3.63) is 40.8 Å². The molecule has 0 aliphatic carbocycles. The third kappa shape index (κ3) is 4.14. The van der Waals surface area contributed by atoms with E-state index in [0.717, 1.165) is 11.3 Å². The standard InChI is InChI=1S/C19H24N2O6S/c1-12-16(13(2)27-20-12)10-26-17-6-5-14(9-18(17)25-4)19(22)21(3)15-7-8-28(23,24)11-15/h5-6,9,15H,7-8,10-11H2,1-4H3/t15-/m1/s1. The zero-order valence-electron chi connectivity index (χ0n) is 16.4. The van der Waals surface area contributed by atoms with Gasteiger partial charge in [0.15, 0.2) is 21.3 Å². The van der Waals surface area contributed by atoms with E-state index in [1.807, 2.05) is 13.8 Å². The van der Waals surface area contributed by atoms with Crippen LogP contribution in [-0.2, 0) is 16.4 Å². The second-order valence-electron chi connectivity index (χ2n) is 6.93. The highest BCUT2D eigenvalue weighted by atomic mass is 32.2. The average Bonchev–Trinajstić information content (AvgIpc) is 3.20. The molecule has 0 radical (unpaired) electrons. The molecule has 0 saturated carbocycles. The Morgan fingerprint density at radius 3 is 2.64 bits per heavy atom. The van der Waals surface area contributed by atoms with Crippen LogP contribution in [0.5, 0.6) is 11.5 Å². The summed E-state index contributed by atoms with van der Waals surface area (Å²) in [6, 6.07) is 4.61. The van der Waals surface area contributed by atoms with Crippen molar-refractivity contribution in [3.8, 4) is 11.5 Å². The summed E-state index contributed by atoms with van der Waals surface area (Å²) in [5.41, 5.74) is 2.04. The number of carbonyl (C=O) groups excluding carboxylic acids is 1. The van der Waals surface area contributed by atoms with E-state index in [1.54, 1.807) is 25.2 Å². The van der Waals surface area contributed by atoms with Crippen LogP contribution >= 0.6 is 0 Å². The molecule has 1 saturated heterocycles. The largest absolute Gasteiger partial charge is 0.493 e. The lowest BCUT2D eigenvalue weighted by molar-refractivity contribution is 0.0747. The highest BCUT2D eigenvalue weighted by molar-refractivity contribution is 7.91. The van der Waals surface area contributed by atoms with Gasteiger partial charge in [0.1, 0.15) is 12.4 Å². The van der Waals surface area contributed by atoms with E-state index in [9.17, 15) is 13.2 Å². The first kappa shape index (κ1) is 20.2. The first-order chi connectivity index (χ1) is 13.2. The minimum absolute atomic E-state index is 0.00497. The van der Waals surface area contributed by atoms with Crippen molar-refractivity contribution in [1.29, 1.82) is 0 Å². The minimum atomic E-state index is -3.06. The van der Waals surface area contributed by atoms with Gasteiger partial charge in [0.05, 0.1) is 29.9 Å². The Morgan fingerprint density at radius 1 is 1.32 bits per heavy atom. The van der Waals surface area contributed by atoms with Crippen molar-refractivity contribution in [3.63, 3.8) is 0 Å². The fourth-order valence-corrected chi connectivity index (χ4v) is 5.00. The summed E-state index contributed by atoms with van der Waals surface area (Å²) in [6.07, 6.45) is 0.459. The highest BCUT2D eigenvalue weighted by Gasteiger charge is 2.33. The number of rotatable bonds is 6. The predicted molar refractivity (Wildman–Crippen MR) is 102 cm³/mol. The maximum absolute atomic E-state index is 12.8. The predicted octanol–water partition coefficient (Wildman–Crippen LogP) is 2.14. The van der Waals surface area contributed by atoms with Crippen molar-refractivity contribution >= 4 is 15.7 Å². The van der Waals surface area contributed by atoms with Crippen LogP contribution in [0, 0.1) is 13.8 Å². The number of aromatic nitrogens is 1. The molecule has 1 amide bonds. The van der Waals surface area contributed by atoms with Crippen LogP contribution in [0.2, 0.25) is 0 Å². The average molecular weight is 408 g/mol. The van der Waals surface area contributed by atoms with Gasteiger partial charge in [-0.3, -0.25) is 4.79 Å². The number of ether oxygens (including phenoxy) is 2. The van der Waals surface area contributed by atoms with Crippen molar-refractivity contribution in [2.24, 2.45) is 0 Å². The summed E-state index contributed by atoms with van der Waals surface area (Å²) in [7, 11) is 0.0637. The Kier molecular flexibility index (Phi) is 5.64. The summed E-state index contributed by atoms with van der Waals surface area (Å²) < 4.78 is 39.7. The number of hydrogen-bond donors (Lipinski definition) is 0. The van der Waals surface area contributed by atoms with Crippen molar-refractivity contribution in [2.45, 2.75) is 32.9 Å². The van der Waals surface area contributed by atoms with E-state index < -0.39 is 9.84 Å². The molecule has 0 bridgehead atoms. The number of hydrogen-bond acceptors (Lipinski definition) is 7. The monoisotopic (exact) mass is 408 g/mol. The number of aryl methyl sites for hydroxylation is 2. The van der Waals surface area contributed by atoms with E-state index in [-0.39, 0.29) is 30.1 Å². The molecular formula is C19H24N2O6S. The lowest BCUT2D eigenvalue weighted by Crippen LogP contribution is -2.37. The Balaban J connectivity index is 1.74. The SMILES string of the molecule is COc1cc(C(=O)N(C)[C@@H]2CCS(=O)(=O)C2)ccc1OCc1c(C)noc1C. The van der Waals surface area contributed by atoms with Gasteiger partial charge in [0, 0.05) is 18.7 Å². The van der Waals surface area contributed by atoms with Crippen molar-refractivity contribution in [1.82, 2.24) is 10.1 Å². The second kappa shape index (κ2) is 7.83. The summed E-state index contributed by atoms with van der Waals surface area (Å²) in [6.45, 7) is 3.93. The molecule has 0 spiro atoms. The van der Waals surface area contributed by atoms with E-state index in [1.165, 1.54) is 12.0 Å². The van der Waals surface area contributed by atoms with E-state index in [2.05, 4.69) is 5.16 Å². The zero-order chi connectivity index (χ0) is 20.5. The van der Waals surface area contributed by atoms with Gasteiger partial charge in [-0.2, -0.15) is 0 Å². The van der Waals surface area contributed by atoms with Crippen LogP contribution < -0.4 is 9.47 Å². The highest BCUT2D eigenvalue weighted by Crippen LogP contribution is 2.30. The molecular weight excluding hydrogens is 384 g/mol. The van der Waals surface area contributed by atoms with E-state index >= 15 is 0 Å². The molecule has 2 heterocycles. The minimum Gasteiger partial charge on any atom is -0.493 e. The Labute approximate surface area is 164 Å². The zero-order valence-corrected chi connectivity index (χ0v) is 17.2. The third-order valence-corrected chi connectivity index (χ3v) is 6.79. The second-order valence-corrected chi connectivity index (χ2v) is 9.16. The molecule has 28 heavy (non-hydrogen) atoms. The summed E-state index contributed by atoms with van der Waals surface area (Å²) in [4.78, 5) is 14.3. The molecule has 2 aromatic rings. The van der Waals surface area contributed by atoms with Gasteiger partial charge in [-0.1, -0.05) is 5.16 Å². The molecule has 3 rings (SSSR count). The van der Waals surface area contributed by atoms with Gasteiger partial charge in [0.25, 0.3) is 5.91 Å². The van der Waals surface area contributed by atoms with Crippen LogP contribution in [-0.4, -0.2) is 56.1 Å². The fraction of sp³-hybridized carbons (Fsp3) is 0.474. The summed E-state index contributed by atoms with van der Waals surface area (Å²) >= 11 is 0. The van der Waals surface area contributed by atoms with Crippen molar-refractivity contribution in [2.75, 3.05) is 25.7 Å². The topological polar surface area (TPSA) is 98.9 Å². The van der Waals surface area contributed by atoms with Crippen LogP contribution in [0.4, 0.5) is 0 Å². The van der Waals surface area contributed by atoms with Crippen LogP contribution in [0.25, 0.3) is 0 Å². The molecule has 9 heteroatoms. The number of carbonyl (C=O) groups is 1. The summed E-state index contributed by atoms with van der Waals surface area (Å²) in [5.74, 6) is 1.47. The van der Waals surface area contributed by atoms with Gasteiger partial charge in [-0.15, -0.1) is 0 Å². The molecule has 8 nitrogen and oxygen atoms in total. The quantitative estimate of drug-likeness (QED) is 0.722. The number of methoxy groups -OCH3 is 1. The van der Waals surface area contributed by atoms with Gasteiger partial charge >= 0.3 is 0 Å². The van der Waals surface area contributed by atoms with Crippen LogP contribution in [0.15, 0.2) is 22.7 Å². The van der Waals surface area contributed by atoms with Crippen LogP contribution in [0.1, 0.15) is 33.8 Å². The number of sulfone groups is 1. The smallest absolute Gasteiger partial charge is 0.254 e. The van der Waals surface area contributed by atoms with Gasteiger partial charge in [0.2, 0.25) is 0 Å². The van der Waals surface area contributed by atoms with Crippen molar-refractivity contribution < 1.29 is 27.2 Å². The van der Waals surface area contributed by atoms with Crippen LogP contribution in [0.3, 0.4) is 0 Å². The maximum atomic E-state index is 12.8. The molecule has 0 N–H and O–H groups in total. The molecule has 0 unspecified atom stereocenters.